The van der Waals surface area contributed by atoms with Crippen LogP contribution >= 0.6 is 0 Å². The van der Waals surface area contributed by atoms with Gasteiger partial charge >= 0.3 is 5.97 Å². The van der Waals surface area contributed by atoms with E-state index in [0.29, 0.717) is 5.56 Å². The van der Waals surface area contributed by atoms with Gasteiger partial charge < -0.3 is 26.0 Å². The molecule has 1 aromatic carbocycles. The van der Waals surface area contributed by atoms with Crippen molar-refractivity contribution in [3.63, 3.8) is 0 Å². The van der Waals surface area contributed by atoms with Gasteiger partial charge in [-0.3, -0.25) is 14.4 Å². The van der Waals surface area contributed by atoms with Crippen LogP contribution in [-0.4, -0.2) is 46.3 Å². The number of phenols is 1. The van der Waals surface area contributed by atoms with Crippen LogP contribution in [-0.2, 0) is 14.4 Å². The van der Waals surface area contributed by atoms with Crippen LogP contribution in [0.25, 0.3) is 0 Å². The fourth-order valence-electron chi connectivity index (χ4n) is 1.44. The largest absolute Gasteiger partial charge is 0.508 e. The third kappa shape index (κ3) is 4.58. The molecule has 1 rings (SSSR count). The van der Waals surface area contributed by atoms with Crippen LogP contribution in [0.5, 0.6) is 5.75 Å². The SMILES string of the molecule is O=C(O)CNC(=O)C(NC(=O)CO)c1ccc(O)cc1. The standard InChI is InChI=1S/C12H14N2O6/c15-6-9(17)14-11(12(20)13-5-10(18)19)7-1-3-8(16)4-2-7/h1-4,11,15-16H,5-6H2,(H,13,20)(H,14,17)(H,18,19). The smallest absolute Gasteiger partial charge is 0.322 e. The predicted molar refractivity (Wildman–Crippen MR) is 66.7 cm³/mol. The Balaban J connectivity index is 2.89. The summed E-state index contributed by atoms with van der Waals surface area (Å²) in [5.74, 6) is -2.77. The lowest BCUT2D eigenvalue weighted by Gasteiger charge is -2.18. The van der Waals surface area contributed by atoms with Gasteiger partial charge in [0.1, 0.15) is 24.9 Å². The van der Waals surface area contributed by atoms with E-state index in [1.165, 1.54) is 24.3 Å². The summed E-state index contributed by atoms with van der Waals surface area (Å²) in [5, 5.41) is 30.8. The van der Waals surface area contributed by atoms with Crippen molar-refractivity contribution in [2.45, 2.75) is 6.04 Å². The number of hydrogen-bond donors (Lipinski definition) is 5. The van der Waals surface area contributed by atoms with Crippen molar-refractivity contribution in [3.8, 4) is 5.75 Å². The molecule has 108 valence electrons. The average Bonchev–Trinajstić information content (AvgIpc) is 2.43. The fraction of sp³-hybridized carbons (Fsp3) is 0.250. The van der Waals surface area contributed by atoms with Gasteiger partial charge in [-0.25, -0.2) is 0 Å². The highest BCUT2D eigenvalue weighted by Crippen LogP contribution is 2.17. The van der Waals surface area contributed by atoms with E-state index >= 15 is 0 Å². The van der Waals surface area contributed by atoms with Gasteiger partial charge in [0.2, 0.25) is 11.8 Å². The average molecular weight is 282 g/mol. The molecule has 1 atom stereocenters. The molecule has 0 radical (unpaired) electrons. The molecule has 0 bridgehead atoms. The number of carboxylic acids is 1. The van der Waals surface area contributed by atoms with E-state index in [4.69, 9.17) is 10.2 Å². The van der Waals surface area contributed by atoms with Gasteiger partial charge in [-0.15, -0.1) is 0 Å². The molecule has 2 amide bonds. The van der Waals surface area contributed by atoms with Crippen LogP contribution in [0.3, 0.4) is 0 Å². The van der Waals surface area contributed by atoms with Gasteiger partial charge in [-0.05, 0) is 17.7 Å². The number of carbonyl (C=O) groups excluding carboxylic acids is 2. The summed E-state index contributed by atoms with van der Waals surface area (Å²) in [6.07, 6.45) is 0. The fourth-order valence-corrected chi connectivity index (χ4v) is 1.44. The van der Waals surface area contributed by atoms with Crippen LogP contribution in [0.15, 0.2) is 24.3 Å². The first-order chi connectivity index (χ1) is 9.43. The normalized spacial score (nSPS) is 11.4. The molecular formula is C12H14N2O6. The number of aliphatic carboxylic acids is 1. The molecule has 0 aliphatic heterocycles. The van der Waals surface area contributed by atoms with Crippen molar-refractivity contribution < 1.29 is 29.7 Å². The second-order valence-corrected chi connectivity index (χ2v) is 3.86. The van der Waals surface area contributed by atoms with Gasteiger partial charge in [0, 0.05) is 0 Å². The van der Waals surface area contributed by atoms with Gasteiger partial charge in [0.15, 0.2) is 0 Å². The van der Waals surface area contributed by atoms with Crippen LogP contribution in [0.1, 0.15) is 11.6 Å². The lowest BCUT2D eigenvalue weighted by molar-refractivity contribution is -0.138. The lowest BCUT2D eigenvalue weighted by Crippen LogP contribution is -2.42. The summed E-state index contributed by atoms with van der Waals surface area (Å²) >= 11 is 0. The molecule has 0 saturated carbocycles. The Bertz CT molecular complexity index is 499. The van der Waals surface area contributed by atoms with Gasteiger partial charge in [0.25, 0.3) is 0 Å². The number of aliphatic hydroxyl groups excluding tert-OH is 1. The molecule has 0 aliphatic rings. The first-order valence-electron chi connectivity index (χ1n) is 5.62. The Labute approximate surface area is 114 Å². The van der Waals surface area contributed by atoms with Crippen LogP contribution in [0, 0.1) is 0 Å². The number of carboxylic acid groups (broad SMARTS) is 1. The minimum atomic E-state index is -1.23. The number of rotatable bonds is 6. The zero-order valence-electron chi connectivity index (χ0n) is 10.4. The zero-order valence-corrected chi connectivity index (χ0v) is 10.4. The van der Waals surface area contributed by atoms with Crippen molar-refractivity contribution >= 4 is 17.8 Å². The maximum Gasteiger partial charge on any atom is 0.322 e. The molecule has 0 spiro atoms. The van der Waals surface area contributed by atoms with Crippen molar-refractivity contribution in [1.82, 2.24) is 10.6 Å². The molecule has 0 aliphatic carbocycles. The number of hydrogen-bond acceptors (Lipinski definition) is 5. The Morgan fingerprint density at radius 3 is 2.25 bits per heavy atom. The number of carbonyl (C=O) groups is 3. The highest BCUT2D eigenvalue weighted by atomic mass is 16.4. The second kappa shape index (κ2) is 7.10. The van der Waals surface area contributed by atoms with Crippen molar-refractivity contribution in [2.24, 2.45) is 0 Å². The molecule has 0 saturated heterocycles. The van der Waals surface area contributed by atoms with Crippen LogP contribution < -0.4 is 10.6 Å². The third-order valence-corrected chi connectivity index (χ3v) is 2.35. The molecule has 8 nitrogen and oxygen atoms in total. The van der Waals surface area contributed by atoms with E-state index in [1.54, 1.807) is 0 Å². The lowest BCUT2D eigenvalue weighted by atomic mass is 10.1. The first-order valence-corrected chi connectivity index (χ1v) is 5.62. The summed E-state index contributed by atoms with van der Waals surface area (Å²) in [4.78, 5) is 33.5. The monoisotopic (exact) mass is 282 g/mol. The van der Waals surface area contributed by atoms with Crippen molar-refractivity contribution in [3.05, 3.63) is 29.8 Å². The van der Waals surface area contributed by atoms with Crippen LogP contribution in [0.4, 0.5) is 0 Å². The minimum Gasteiger partial charge on any atom is -0.508 e. The van der Waals surface area contributed by atoms with E-state index in [0.717, 1.165) is 0 Å². The number of phenolic OH excluding ortho intramolecular Hbond substituents is 1. The van der Waals surface area contributed by atoms with Gasteiger partial charge in [-0.2, -0.15) is 0 Å². The van der Waals surface area contributed by atoms with E-state index in [-0.39, 0.29) is 5.75 Å². The van der Waals surface area contributed by atoms with E-state index in [1.807, 2.05) is 0 Å². The van der Waals surface area contributed by atoms with Gasteiger partial charge in [-0.1, -0.05) is 12.1 Å². The molecular weight excluding hydrogens is 268 g/mol. The zero-order chi connectivity index (χ0) is 15.1. The van der Waals surface area contributed by atoms with E-state index in [9.17, 15) is 19.5 Å². The molecule has 5 N–H and O–H groups in total. The second-order valence-electron chi connectivity index (χ2n) is 3.86. The van der Waals surface area contributed by atoms with Crippen molar-refractivity contribution in [2.75, 3.05) is 13.2 Å². The maximum atomic E-state index is 11.9. The Hall–Kier alpha value is -2.61. The Morgan fingerprint density at radius 1 is 1.15 bits per heavy atom. The molecule has 8 heteroatoms. The number of nitrogens with one attached hydrogen (secondary N) is 2. The molecule has 20 heavy (non-hydrogen) atoms. The highest BCUT2D eigenvalue weighted by Gasteiger charge is 2.22. The number of amides is 2. The van der Waals surface area contributed by atoms with E-state index < -0.39 is 37.0 Å². The number of aliphatic hydroxyl groups is 1. The number of aromatic hydroxyl groups is 1. The Kier molecular flexibility index (Phi) is 5.48. The maximum absolute atomic E-state index is 11.9. The molecule has 1 unspecified atom stereocenters. The summed E-state index contributed by atoms with van der Waals surface area (Å²) < 4.78 is 0. The minimum absolute atomic E-state index is 0.0214. The predicted octanol–water partition coefficient (Wildman–Crippen LogP) is -1.26. The first kappa shape index (κ1) is 15.4. The molecule has 0 fully saturated rings. The summed E-state index contributed by atoms with van der Waals surface area (Å²) in [6, 6.07) is 4.28. The highest BCUT2D eigenvalue weighted by molar-refractivity contribution is 5.90. The van der Waals surface area contributed by atoms with E-state index in [2.05, 4.69) is 10.6 Å². The summed E-state index contributed by atoms with van der Waals surface area (Å²) in [6.45, 7) is -1.40. The number of benzene rings is 1. The molecule has 0 aromatic heterocycles. The van der Waals surface area contributed by atoms with Crippen molar-refractivity contribution in [1.29, 1.82) is 0 Å². The quantitative estimate of drug-likeness (QED) is 0.442. The summed E-state index contributed by atoms with van der Waals surface area (Å²) in [7, 11) is 0. The van der Waals surface area contributed by atoms with Gasteiger partial charge in [0.05, 0.1) is 0 Å². The van der Waals surface area contributed by atoms with Crippen LogP contribution in [0.2, 0.25) is 0 Å². The topological polar surface area (TPSA) is 136 Å². The molecule has 1 aromatic rings. The summed E-state index contributed by atoms with van der Waals surface area (Å²) in [5.41, 5.74) is 0.340. The Morgan fingerprint density at radius 2 is 1.75 bits per heavy atom. The third-order valence-electron chi connectivity index (χ3n) is 2.35. The molecule has 0 heterocycles.